The molecule has 2 atom stereocenters. The molecule has 14 heavy (non-hydrogen) atoms. The summed E-state index contributed by atoms with van der Waals surface area (Å²) in [7, 11) is -4.35. The SMILES string of the molecule is CCCCC(C(O)CC)S(=O)(=O)[O-].[K+]. The van der Waals surface area contributed by atoms with Crippen LogP contribution in [-0.4, -0.2) is 29.4 Å². The summed E-state index contributed by atoms with van der Waals surface area (Å²) in [6, 6.07) is 0. The standard InChI is InChI=1S/C8H18O4S.K/c1-3-5-6-8(7(9)4-2)13(10,11)12;/h7-9H,3-6H2,1-2H3,(H,10,11,12);/q;+1/p-1. The van der Waals surface area contributed by atoms with Gasteiger partial charge in [-0.15, -0.1) is 0 Å². The molecule has 0 spiro atoms. The third kappa shape index (κ3) is 6.89. The number of unbranched alkanes of at least 4 members (excludes halogenated alkanes) is 1. The molecule has 2 unspecified atom stereocenters. The molecule has 80 valence electrons. The number of hydrogen-bond acceptors (Lipinski definition) is 4. The van der Waals surface area contributed by atoms with E-state index in [0.29, 0.717) is 12.8 Å². The fourth-order valence-electron chi connectivity index (χ4n) is 1.20. The first-order valence-corrected chi connectivity index (χ1v) is 6.03. The maximum absolute atomic E-state index is 10.7. The van der Waals surface area contributed by atoms with Gasteiger partial charge in [-0.1, -0.05) is 26.7 Å². The molecule has 0 radical (unpaired) electrons. The van der Waals surface area contributed by atoms with Crippen molar-refractivity contribution in [3.8, 4) is 0 Å². The average Bonchev–Trinajstić information content (AvgIpc) is 2.02. The Bertz CT molecular complexity index is 227. The van der Waals surface area contributed by atoms with E-state index in [1.165, 1.54) is 0 Å². The monoisotopic (exact) mass is 248 g/mol. The zero-order valence-electron chi connectivity index (χ0n) is 9.06. The molecule has 0 aromatic carbocycles. The molecule has 0 aromatic heterocycles. The molecule has 0 amide bonds. The second kappa shape index (κ2) is 8.63. The van der Waals surface area contributed by atoms with E-state index in [1.807, 2.05) is 6.92 Å². The van der Waals surface area contributed by atoms with E-state index < -0.39 is 21.5 Å². The van der Waals surface area contributed by atoms with Crippen molar-refractivity contribution in [1.82, 2.24) is 0 Å². The number of hydrogen-bond donors (Lipinski definition) is 1. The Labute approximate surface area is 129 Å². The first-order valence-electron chi connectivity index (χ1n) is 4.56. The minimum atomic E-state index is -4.35. The van der Waals surface area contributed by atoms with Crippen molar-refractivity contribution in [2.24, 2.45) is 0 Å². The Kier molecular flexibility index (Phi) is 11.0. The number of rotatable bonds is 6. The largest absolute Gasteiger partial charge is 1.00 e. The maximum atomic E-state index is 10.7. The fourth-order valence-corrected chi connectivity index (χ4v) is 2.23. The molecule has 0 aromatic rings. The molecule has 0 saturated heterocycles. The summed E-state index contributed by atoms with van der Waals surface area (Å²) in [5.74, 6) is 0. The van der Waals surface area contributed by atoms with Crippen LogP contribution in [0.15, 0.2) is 0 Å². The Morgan fingerprint density at radius 3 is 2.14 bits per heavy atom. The van der Waals surface area contributed by atoms with Crippen LogP contribution in [0.4, 0.5) is 0 Å². The van der Waals surface area contributed by atoms with Gasteiger partial charge in [0.1, 0.15) is 10.1 Å². The Hall–Kier alpha value is 1.51. The molecule has 0 aliphatic carbocycles. The second-order valence-electron chi connectivity index (χ2n) is 3.15. The Morgan fingerprint density at radius 1 is 1.36 bits per heavy atom. The van der Waals surface area contributed by atoms with Crippen molar-refractivity contribution < 1.29 is 69.5 Å². The normalized spacial score (nSPS) is 15.7. The molecule has 0 aliphatic heterocycles. The molecule has 6 heteroatoms. The molecule has 0 fully saturated rings. The fraction of sp³-hybridized carbons (Fsp3) is 1.00. The summed E-state index contributed by atoms with van der Waals surface area (Å²) < 4.78 is 32.2. The summed E-state index contributed by atoms with van der Waals surface area (Å²) in [4.78, 5) is 0. The van der Waals surface area contributed by atoms with Crippen LogP contribution in [0, 0.1) is 0 Å². The van der Waals surface area contributed by atoms with Gasteiger partial charge in [0.05, 0.1) is 11.4 Å². The first kappa shape index (κ1) is 17.9. The predicted molar refractivity (Wildman–Crippen MR) is 49.3 cm³/mol. The van der Waals surface area contributed by atoms with E-state index >= 15 is 0 Å². The minimum absolute atomic E-state index is 0. The third-order valence-corrected chi connectivity index (χ3v) is 3.35. The van der Waals surface area contributed by atoms with E-state index in [0.717, 1.165) is 6.42 Å². The molecule has 0 bridgehead atoms. The van der Waals surface area contributed by atoms with Crippen LogP contribution in [0.25, 0.3) is 0 Å². The quantitative estimate of drug-likeness (QED) is 0.430. The number of aliphatic hydroxyl groups is 1. The van der Waals surface area contributed by atoms with Crippen molar-refractivity contribution >= 4 is 10.1 Å². The van der Waals surface area contributed by atoms with Gasteiger partial charge in [-0.05, 0) is 12.8 Å². The maximum Gasteiger partial charge on any atom is 1.00 e. The van der Waals surface area contributed by atoms with Crippen LogP contribution in [0.3, 0.4) is 0 Å². The van der Waals surface area contributed by atoms with Gasteiger partial charge in [0, 0.05) is 0 Å². The van der Waals surface area contributed by atoms with Gasteiger partial charge in [-0.25, -0.2) is 8.42 Å². The molecule has 0 heterocycles. The zero-order valence-corrected chi connectivity index (χ0v) is 13.0. The molecule has 0 saturated carbocycles. The van der Waals surface area contributed by atoms with E-state index in [-0.39, 0.29) is 57.8 Å². The molecule has 0 aliphatic rings. The molecular weight excluding hydrogens is 231 g/mol. The van der Waals surface area contributed by atoms with E-state index in [4.69, 9.17) is 0 Å². The van der Waals surface area contributed by atoms with E-state index in [9.17, 15) is 18.1 Å². The Balaban J connectivity index is 0. The summed E-state index contributed by atoms with van der Waals surface area (Å²) in [6.45, 7) is 3.57. The van der Waals surface area contributed by atoms with E-state index in [1.54, 1.807) is 6.92 Å². The van der Waals surface area contributed by atoms with Gasteiger partial charge in [0.25, 0.3) is 0 Å². The molecular formula is C8H17KO4S. The first-order chi connectivity index (χ1) is 5.93. The van der Waals surface area contributed by atoms with Crippen molar-refractivity contribution in [1.29, 1.82) is 0 Å². The van der Waals surface area contributed by atoms with Gasteiger partial charge >= 0.3 is 51.4 Å². The van der Waals surface area contributed by atoms with Gasteiger partial charge in [0.15, 0.2) is 0 Å². The molecule has 0 rings (SSSR count). The average molecular weight is 248 g/mol. The summed E-state index contributed by atoms with van der Waals surface area (Å²) in [5.41, 5.74) is 0. The predicted octanol–water partition coefficient (Wildman–Crippen LogP) is -2.13. The van der Waals surface area contributed by atoms with Gasteiger partial charge < -0.3 is 9.66 Å². The van der Waals surface area contributed by atoms with Crippen LogP contribution in [-0.2, 0) is 10.1 Å². The summed E-state index contributed by atoms with van der Waals surface area (Å²) in [5, 5.41) is 8.17. The van der Waals surface area contributed by atoms with Crippen LogP contribution in [0.5, 0.6) is 0 Å². The minimum Gasteiger partial charge on any atom is -0.748 e. The van der Waals surface area contributed by atoms with E-state index in [2.05, 4.69) is 0 Å². The van der Waals surface area contributed by atoms with Gasteiger partial charge in [0.2, 0.25) is 0 Å². The van der Waals surface area contributed by atoms with Crippen LogP contribution >= 0.6 is 0 Å². The van der Waals surface area contributed by atoms with Gasteiger partial charge in [-0.2, -0.15) is 0 Å². The van der Waals surface area contributed by atoms with Crippen LogP contribution in [0.2, 0.25) is 0 Å². The van der Waals surface area contributed by atoms with Crippen LogP contribution < -0.4 is 51.4 Å². The van der Waals surface area contributed by atoms with Crippen molar-refractivity contribution in [3.05, 3.63) is 0 Å². The van der Waals surface area contributed by atoms with Crippen molar-refractivity contribution in [2.45, 2.75) is 50.9 Å². The molecule has 4 nitrogen and oxygen atoms in total. The van der Waals surface area contributed by atoms with Crippen LogP contribution in [0.1, 0.15) is 39.5 Å². The topological polar surface area (TPSA) is 77.4 Å². The zero-order chi connectivity index (χ0) is 10.5. The van der Waals surface area contributed by atoms with Crippen molar-refractivity contribution in [3.63, 3.8) is 0 Å². The number of aliphatic hydroxyl groups excluding tert-OH is 1. The smallest absolute Gasteiger partial charge is 0.748 e. The Morgan fingerprint density at radius 2 is 1.86 bits per heavy atom. The summed E-state index contributed by atoms with van der Waals surface area (Å²) >= 11 is 0. The summed E-state index contributed by atoms with van der Waals surface area (Å²) in [6.07, 6.45) is 1.02. The van der Waals surface area contributed by atoms with Gasteiger partial charge in [-0.3, -0.25) is 0 Å². The molecule has 1 N–H and O–H groups in total. The second-order valence-corrected chi connectivity index (χ2v) is 4.74. The third-order valence-electron chi connectivity index (χ3n) is 2.06. The van der Waals surface area contributed by atoms with Crippen molar-refractivity contribution in [2.75, 3.05) is 0 Å².